The second-order valence-corrected chi connectivity index (χ2v) is 7.97. The van der Waals surface area contributed by atoms with Crippen LogP contribution in [0.2, 0.25) is 0 Å². The molecular weight excluding hydrogens is 440 g/mol. The fourth-order valence-electron chi connectivity index (χ4n) is 3.21. The minimum Gasteiger partial charge on any atom is -0.508 e. The number of hydrogen-bond acceptors (Lipinski definition) is 6. The van der Waals surface area contributed by atoms with Crippen LogP contribution in [-0.2, 0) is 32.0 Å². The van der Waals surface area contributed by atoms with Gasteiger partial charge < -0.3 is 31.5 Å². The van der Waals surface area contributed by atoms with Gasteiger partial charge in [0.15, 0.2) is 0 Å². The van der Waals surface area contributed by atoms with Crippen LogP contribution >= 0.6 is 0 Å². The summed E-state index contributed by atoms with van der Waals surface area (Å²) in [6.45, 7) is 1.03. The number of rotatable bonds is 11. The van der Waals surface area contributed by atoms with E-state index < -0.39 is 48.4 Å². The standard InChI is InChI=1S/C24H30N4O6/c1-15(27-23(32)19(25)12-17-8-10-18(29)11-9-17)22(31)26-14-21(30)28(2)20(24(33)34)13-16-6-4-3-5-7-16/h3-11,15,19-20,29H,12-14,25H2,1-2H3,(H,26,31)(H,27,32)(H,33,34)/t15-,19-,20-/m0/s1. The average molecular weight is 471 g/mol. The van der Waals surface area contributed by atoms with E-state index in [0.29, 0.717) is 0 Å². The largest absolute Gasteiger partial charge is 0.508 e. The Morgan fingerprint density at radius 1 is 0.941 bits per heavy atom. The number of nitrogens with zero attached hydrogens (tertiary/aromatic N) is 1. The summed E-state index contributed by atoms with van der Waals surface area (Å²) in [7, 11) is 1.36. The number of aromatic hydroxyl groups is 1. The van der Waals surface area contributed by atoms with E-state index in [1.165, 1.54) is 26.1 Å². The van der Waals surface area contributed by atoms with E-state index in [9.17, 15) is 29.4 Å². The molecule has 0 aliphatic carbocycles. The molecule has 0 unspecified atom stereocenters. The zero-order valence-electron chi connectivity index (χ0n) is 19.1. The first-order valence-electron chi connectivity index (χ1n) is 10.7. The number of carbonyl (C=O) groups is 4. The highest BCUT2D eigenvalue weighted by molar-refractivity contribution is 5.92. The van der Waals surface area contributed by atoms with Crippen LogP contribution in [-0.4, -0.2) is 70.5 Å². The monoisotopic (exact) mass is 470 g/mol. The summed E-state index contributed by atoms with van der Waals surface area (Å²) in [5.74, 6) is -2.80. The van der Waals surface area contributed by atoms with Crippen molar-refractivity contribution in [2.45, 2.75) is 37.9 Å². The molecule has 0 bridgehead atoms. The minimum absolute atomic E-state index is 0.0991. The van der Waals surface area contributed by atoms with Crippen LogP contribution in [0.25, 0.3) is 0 Å². The first kappa shape index (κ1) is 26.3. The predicted molar refractivity (Wildman–Crippen MR) is 125 cm³/mol. The van der Waals surface area contributed by atoms with Gasteiger partial charge in [0.1, 0.15) is 17.8 Å². The van der Waals surface area contributed by atoms with E-state index in [-0.39, 0.29) is 18.6 Å². The lowest BCUT2D eigenvalue weighted by molar-refractivity contribution is -0.148. The fraction of sp³-hybridized carbons (Fsp3) is 0.333. The number of nitrogens with two attached hydrogens (primary N) is 1. The van der Waals surface area contributed by atoms with Crippen LogP contribution < -0.4 is 16.4 Å². The van der Waals surface area contributed by atoms with Crippen molar-refractivity contribution in [1.29, 1.82) is 0 Å². The van der Waals surface area contributed by atoms with Gasteiger partial charge in [0.2, 0.25) is 17.7 Å². The molecule has 34 heavy (non-hydrogen) atoms. The molecule has 3 atom stereocenters. The molecule has 0 fully saturated rings. The molecule has 182 valence electrons. The Hall–Kier alpha value is -3.92. The summed E-state index contributed by atoms with van der Waals surface area (Å²) in [5, 5.41) is 23.8. The molecule has 0 heterocycles. The molecule has 0 saturated carbocycles. The molecule has 0 aliphatic rings. The quantitative estimate of drug-likeness (QED) is 0.310. The molecule has 2 aromatic rings. The molecule has 10 nitrogen and oxygen atoms in total. The zero-order chi connectivity index (χ0) is 25.3. The third-order valence-electron chi connectivity index (χ3n) is 5.31. The first-order chi connectivity index (χ1) is 16.1. The lowest BCUT2D eigenvalue weighted by Gasteiger charge is -2.25. The summed E-state index contributed by atoms with van der Waals surface area (Å²) in [6.07, 6.45) is 0.333. The maximum absolute atomic E-state index is 12.5. The predicted octanol–water partition coefficient (Wildman–Crippen LogP) is 0.0372. The van der Waals surface area contributed by atoms with Crippen LogP contribution in [0.15, 0.2) is 54.6 Å². The number of carbonyl (C=O) groups excluding carboxylic acids is 3. The summed E-state index contributed by atoms with van der Waals surface area (Å²) in [5.41, 5.74) is 7.41. The molecule has 2 rings (SSSR count). The van der Waals surface area contributed by atoms with E-state index >= 15 is 0 Å². The Morgan fingerprint density at radius 2 is 1.53 bits per heavy atom. The number of nitrogens with one attached hydrogen (secondary N) is 2. The number of phenols is 1. The molecule has 0 radical (unpaired) electrons. The van der Waals surface area contributed by atoms with Crippen molar-refractivity contribution in [3.8, 4) is 5.75 Å². The summed E-state index contributed by atoms with van der Waals surface area (Å²) in [6, 6.07) is 12.2. The lowest BCUT2D eigenvalue weighted by Crippen LogP contribution is -2.53. The zero-order valence-corrected chi connectivity index (χ0v) is 19.1. The number of phenolic OH excluding ortho intramolecular Hbond substituents is 1. The normalized spacial score (nSPS) is 13.3. The van der Waals surface area contributed by atoms with Gasteiger partial charge in [-0.05, 0) is 36.6 Å². The Bertz CT molecular complexity index is 996. The van der Waals surface area contributed by atoms with Crippen LogP contribution in [0, 0.1) is 0 Å². The number of hydrogen-bond donors (Lipinski definition) is 5. The topological polar surface area (TPSA) is 162 Å². The van der Waals surface area contributed by atoms with Gasteiger partial charge >= 0.3 is 5.97 Å². The van der Waals surface area contributed by atoms with Gasteiger partial charge in [-0.2, -0.15) is 0 Å². The average Bonchev–Trinajstić information content (AvgIpc) is 2.82. The first-order valence-corrected chi connectivity index (χ1v) is 10.7. The minimum atomic E-state index is -1.16. The number of carboxylic acids is 1. The second kappa shape index (κ2) is 12.4. The maximum atomic E-state index is 12.5. The van der Waals surface area contributed by atoms with Gasteiger partial charge in [-0.1, -0.05) is 42.5 Å². The highest BCUT2D eigenvalue weighted by Crippen LogP contribution is 2.11. The molecule has 0 saturated heterocycles. The molecule has 0 aromatic heterocycles. The summed E-state index contributed by atoms with van der Waals surface area (Å²) >= 11 is 0. The van der Waals surface area contributed by atoms with Gasteiger partial charge in [0.25, 0.3) is 0 Å². The van der Waals surface area contributed by atoms with E-state index in [0.717, 1.165) is 16.0 Å². The van der Waals surface area contributed by atoms with E-state index in [2.05, 4.69) is 10.6 Å². The highest BCUT2D eigenvalue weighted by atomic mass is 16.4. The number of carboxylic acid groups (broad SMARTS) is 1. The lowest BCUT2D eigenvalue weighted by atomic mass is 10.0. The van der Waals surface area contributed by atoms with Gasteiger partial charge in [-0.15, -0.1) is 0 Å². The van der Waals surface area contributed by atoms with Crippen molar-refractivity contribution in [3.05, 3.63) is 65.7 Å². The Kier molecular flexibility index (Phi) is 9.57. The van der Waals surface area contributed by atoms with E-state index in [4.69, 9.17) is 5.73 Å². The van der Waals surface area contributed by atoms with Crippen molar-refractivity contribution in [2.75, 3.05) is 13.6 Å². The van der Waals surface area contributed by atoms with Crippen molar-refractivity contribution < 1.29 is 29.4 Å². The Labute approximate surface area is 197 Å². The number of aliphatic carboxylic acids is 1. The van der Waals surface area contributed by atoms with E-state index in [1.54, 1.807) is 36.4 Å². The smallest absolute Gasteiger partial charge is 0.326 e. The van der Waals surface area contributed by atoms with Gasteiger partial charge in [0.05, 0.1) is 12.6 Å². The Balaban J connectivity index is 1.84. The van der Waals surface area contributed by atoms with Gasteiger partial charge in [-0.25, -0.2) is 4.79 Å². The fourth-order valence-corrected chi connectivity index (χ4v) is 3.21. The van der Waals surface area contributed by atoms with Crippen molar-refractivity contribution >= 4 is 23.7 Å². The summed E-state index contributed by atoms with van der Waals surface area (Å²) < 4.78 is 0. The maximum Gasteiger partial charge on any atom is 0.326 e. The molecule has 6 N–H and O–H groups in total. The van der Waals surface area contributed by atoms with Crippen molar-refractivity contribution in [3.63, 3.8) is 0 Å². The molecule has 0 spiro atoms. The third kappa shape index (κ3) is 7.89. The van der Waals surface area contributed by atoms with Crippen molar-refractivity contribution in [2.24, 2.45) is 5.73 Å². The number of benzene rings is 2. The second-order valence-electron chi connectivity index (χ2n) is 7.97. The number of amides is 3. The van der Waals surface area contributed by atoms with Crippen LogP contribution in [0.1, 0.15) is 18.1 Å². The third-order valence-corrected chi connectivity index (χ3v) is 5.31. The molecule has 2 aromatic carbocycles. The molecule has 10 heteroatoms. The Morgan fingerprint density at radius 3 is 2.12 bits per heavy atom. The van der Waals surface area contributed by atoms with Crippen molar-refractivity contribution in [1.82, 2.24) is 15.5 Å². The van der Waals surface area contributed by atoms with Gasteiger partial charge in [0, 0.05) is 13.5 Å². The van der Waals surface area contributed by atoms with E-state index in [1.807, 2.05) is 6.07 Å². The molecule has 3 amide bonds. The highest BCUT2D eigenvalue weighted by Gasteiger charge is 2.27. The molecular formula is C24H30N4O6. The van der Waals surface area contributed by atoms with Crippen LogP contribution in [0.3, 0.4) is 0 Å². The number of likely N-dealkylation sites (N-methyl/N-ethyl adjacent to an activating group) is 1. The van der Waals surface area contributed by atoms with Crippen LogP contribution in [0.5, 0.6) is 5.75 Å². The summed E-state index contributed by atoms with van der Waals surface area (Å²) in [4.78, 5) is 49.9. The molecule has 0 aliphatic heterocycles. The SMILES string of the molecule is C[C@H](NC(=O)[C@@H](N)Cc1ccc(O)cc1)C(=O)NCC(=O)N(C)[C@@H](Cc1ccccc1)C(=O)O. The van der Waals surface area contributed by atoms with Crippen LogP contribution in [0.4, 0.5) is 0 Å². The van der Waals surface area contributed by atoms with Gasteiger partial charge in [-0.3, -0.25) is 14.4 Å².